The number of carbonyl (C=O) groups is 1. The average Bonchev–Trinajstić information content (AvgIpc) is 2.95. The molecule has 0 fully saturated rings. The molecule has 2 rings (SSSR count). The van der Waals surface area contributed by atoms with E-state index in [4.69, 9.17) is 0 Å². The van der Waals surface area contributed by atoms with Gasteiger partial charge in [0.2, 0.25) is 0 Å². The lowest BCUT2D eigenvalue weighted by atomic mass is 9.97. The normalized spacial score (nSPS) is 12.5. The van der Waals surface area contributed by atoms with Crippen LogP contribution in [0.2, 0.25) is 0 Å². The standard InChI is InChI=1S/C18H24FN3O2/c1-13(2)7-16(18(23)24)10-20-8-15-9-21-22(12-15)11-14-3-5-17(19)6-4-14/h3-6,9,12-13,16,20H,7-8,10-11H2,1-2H3,(H,23,24). The summed E-state index contributed by atoms with van der Waals surface area (Å²) in [6, 6.07) is 6.33. The van der Waals surface area contributed by atoms with Gasteiger partial charge in [-0.1, -0.05) is 26.0 Å². The maximum atomic E-state index is 12.9. The van der Waals surface area contributed by atoms with Crippen molar-refractivity contribution in [2.24, 2.45) is 11.8 Å². The Morgan fingerprint density at radius 3 is 2.62 bits per heavy atom. The summed E-state index contributed by atoms with van der Waals surface area (Å²) in [5, 5.41) is 16.7. The fourth-order valence-corrected chi connectivity index (χ4v) is 2.59. The van der Waals surface area contributed by atoms with E-state index in [1.807, 2.05) is 20.0 Å². The first-order valence-electron chi connectivity index (χ1n) is 8.13. The van der Waals surface area contributed by atoms with Crippen LogP contribution in [0.15, 0.2) is 36.7 Å². The molecule has 2 aromatic rings. The molecule has 5 nitrogen and oxygen atoms in total. The van der Waals surface area contributed by atoms with Gasteiger partial charge < -0.3 is 10.4 Å². The molecule has 130 valence electrons. The first kappa shape index (κ1) is 18.1. The molecule has 0 aliphatic rings. The third-order valence-electron chi connectivity index (χ3n) is 3.77. The molecule has 0 aliphatic carbocycles. The van der Waals surface area contributed by atoms with Crippen LogP contribution in [-0.4, -0.2) is 27.4 Å². The van der Waals surface area contributed by atoms with Crippen LogP contribution in [0.4, 0.5) is 4.39 Å². The summed E-state index contributed by atoms with van der Waals surface area (Å²) in [5.74, 6) is -1.03. The van der Waals surface area contributed by atoms with Crippen molar-refractivity contribution in [3.63, 3.8) is 0 Å². The Morgan fingerprint density at radius 1 is 1.29 bits per heavy atom. The molecule has 6 heteroatoms. The molecule has 1 heterocycles. The fraction of sp³-hybridized carbons (Fsp3) is 0.444. The second kappa shape index (κ2) is 8.59. The highest BCUT2D eigenvalue weighted by Crippen LogP contribution is 2.11. The average molecular weight is 333 g/mol. The molecular formula is C18H24FN3O2. The number of carboxylic acids is 1. The maximum absolute atomic E-state index is 12.9. The van der Waals surface area contributed by atoms with Gasteiger partial charge in [-0.25, -0.2) is 4.39 Å². The summed E-state index contributed by atoms with van der Waals surface area (Å²) in [4.78, 5) is 11.2. The van der Waals surface area contributed by atoms with Crippen molar-refractivity contribution in [2.75, 3.05) is 6.54 Å². The van der Waals surface area contributed by atoms with Gasteiger partial charge in [0.15, 0.2) is 0 Å². The van der Waals surface area contributed by atoms with E-state index >= 15 is 0 Å². The molecule has 24 heavy (non-hydrogen) atoms. The minimum Gasteiger partial charge on any atom is -0.481 e. The molecule has 1 aromatic heterocycles. The third kappa shape index (κ3) is 5.77. The molecule has 0 saturated carbocycles. The Labute approximate surface area is 141 Å². The van der Waals surface area contributed by atoms with Gasteiger partial charge in [-0.2, -0.15) is 5.10 Å². The zero-order valence-electron chi connectivity index (χ0n) is 14.1. The van der Waals surface area contributed by atoms with E-state index < -0.39 is 5.97 Å². The van der Waals surface area contributed by atoms with Crippen LogP contribution in [0.5, 0.6) is 0 Å². The van der Waals surface area contributed by atoms with Gasteiger partial charge in [0.25, 0.3) is 0 Å². The summed E-state index contributed by atoms with van der Waals surface area (Å²) in [6.45, 7) is 5.64. The largest absolute Gasteiger partial charge is 0.481 e. The minimum absolute atomic E-state index is 0.251. The molecule has 0 aliphatic heterocycles. The Morgan fingerprint density at radius 2 is 2.00 bits per heavy atom. The molecule has 0 saturated heterocycles. The second-order valence-corrected chi connectivity index (χ2v) is 6.47. The van der Waals surface area contributed by atoms with Crippen LogP contribution in [0.1, 0.15) is 31.4 Å². The van der Waals surface area contributed by atoms with Crippen LogP contribution in [0, 0.1) is 17.7 Å². The van der Waals surface area contributed by atoms with E-state index in [-0.39, 0.29) is 11.7 Å². The molecule has 2 N–H and O–H groups in total. The molecular weight excluding hydrogens is 309 g/mol. The SMILES string of the molecule is CC(C)CC(CNCc1cnn(Cc2ccc(F)cc2)c1)C(=O)O. The lowest BCUT2D eigenvalue weighted by Crippen LogP contribution is -2.29. The number of benzene rings is 1. The third-order valence-corrected chi connectivity index (χ3v) is 3.77. The van der Waals surface area contributed by atoms with Crippen LogP contribution in [0.25, 0.3) is 0 Å². The minimum atomic E-state index is -0.761. The number of nitrogens with one attached hydrogen (secondary N) is 1. The lowest BCUT2D eigenvalue weighted by molar-refractivity contribution is -0.142. The van der Waals surface area contributed by atoms with Crippen molar-refractivity contribution < 1.29 is 14.3 Å². The van der Waals surface area contributed by atoms with Crippen LogP contribution in [-0.2, 0) is 17.9 Å². The van der Waals surface area contributed by atoms with Gasteiger partial charge >= 0.3 is 5.97 Å². The number of nitrogens with zero attached hydrogens (tertiary/aromatic N) is 2. The van der Waals surface area contributed by atoms with Crippen molar-refractivity contribution in [2.45, 2.75) is 33.4 Å². The quantitative estimate of drug-likeness (QED) is 0.740. The van der Waals surface area contributed by atoms with Gasteiger partial charge in [0.05, 0.1) is 18.7 Å². The maximum Gasteiger partial charge on any atom is 0.307 e. The molecule has 1 aromatic carbocycles. The van der Waals surface area contributed by atoms with E-state index in [1.165, 1.54) is 12.1 Å². The summed E-state index contributed by atoms with van der Waals surface area (Å²) < 4.78 is 14.7. The summed E-state index contributed by atoms with van der Waals surface area (Å²) >= 11 is 0. The zero-order chi connectivity index (χ0) is 17.5. The molecule has 1 atom stereocenters. The molecule has 0 radical (unpaired) electrons. The van der Waals surface area contributed by atoms with Crippen LogP contribution < -0.4 is 5.32 Å². The highest BCUT2D eigenvalue weighted by molar-refractivity contribution is 5.70. The highest BCUT2D eigenvalue weighted by Gasteiger charge is 2.18. The molecule has 1 unspecified atom stereocenters. The zero-order valence-corrected chi connectivity index (χ0v) is 14.1. The number of aliphatic carboxylic acids is 1. The van der Waals surface area contributed by atoms with Gasteiger partial charge in [0.1, 0.15) is 5.82 Å². The molecule has 0 bridgehead atoms. The Bertz CT molecular complexity index is 653. The van der Waals surface area contributed by atoms with Gasteiger partial charge in [-0.05, 0) is 30.0 Å². The van der Waals surface area contributed by atoms with Crippen LogP contribution >= 0.6 is 0 Å². The fourth-order valence-electron chi connectivity index (χ4n) is 2.59. The van der Waals surface area contributed by atoms with Crippen molar-refractivity contribution in [3.8, 4) is 0 Å². The first-order chi connectivity index (χ1) is 11.4. The van der Waals surface area contributed by atoms with Crippen molar-refractivity contribution in [3.05, 3.63) is 53.6 Å². The number of aromatic nitrogens is 2. The van der Waals surface area contributed by atoms with E-state index in [1.54, 1.807) is 23.0 Å². The number of hydrogen-bond acceptors (Lipinski definition) is 3. The predicted molar refractivity (Wildman–Crippen MR) is 90.0 cm³/mol. The van der Waals surface area contributed by atoms with Gasteiger partial charge in [0, 0.05) is 24.8 Å². The number of hydrogen-bond donors (Lipinski definition) is 2. The van der Waals surface area contributed by atoms with Crippen molar-refractivity contribution in [1.82, 2.24) is 15.1 Å². The number of rotatable bonds is 9. The Kier molecular flexibility index (Phi) is 6.49. The van der Waals surface area contributed by atoms with Crippen molar-refractivity contribution >= 4 is 5.97 Å². The van der Waals surface area contributed by atoms with Crippen LogP contribution in [0.3, 0.4) is 0 Å². The Balaban J connectivity index is 1.82. The highest BCUT2D eigenvalue weighted by atomic mass is 19.1. The number of carboxylic acid groups (broad SMARTS) is 1. The van der Waals surface area contributed by atoms with Gasteiger partial charge in [-0.15, -0.1) is 0 Å². The first-order valence-corrected chi connectivity index (χ1v) is 8.13. The second-order valence-electron chi connectivity index (χ2n) is 6.47. The molecule has 0 spiro atoms. The van der Waals surface area contributed by atoms with E-state index in [0.29, 0.717) is 32.0 Å². The van der Waals surface area contributed by atoms with Crippen molar-refractivity contribution in [1.29, 1.82) is 0 Å². The topological polar surface area (TPSA) is 67.2 Å². The summed E-state index contributed by atoms with van der Waals surface area (Å²) in [6.07, 6.45) is 4.33. The summed E-state index contributed by atoms with van der Waals surface area (Å²) in [7, 11) is 0. The molecule has 0 amide bonds. The van der Waals surface area contributed by atoms with E-state index in [2.05, 4.69) is 10.4 Å². The predicted octanol–water partition coefficient (Wildman–Crippen LogP) is 2.91. The number of halogens is 1. The summed E-state index contributed by atoms with van der Waals surface area (Å²) in [5.41, 5.74) is 1.97. The monoisotopic (exact) mass is 333 g/mol. The Hall–Kier alpha value is -2.21. The van der Waals surface area contributed by atoms with E-state index in [0.717, 1.165) is 11.1 Å². The van der Waals surface area contributed by atoms with Gasteiger partial charge in [-0.3, -0.25) is 9.48 Å². The lowest BCUT2D eigenvalue weighted by Gasteiger charge is -2.15. The smallest absolute Gasteiger partial charge is 0.307 e. The van der Waals surface area contributed by atoms with E-state index in [9.17, 15) is 14.3 Å².